The highest BCUT2D eigenvalue weighted by atomic mass is 19.1. The van der Waals surface area contributed by atoms with Crippen molar-refractivity contribution in [1.29, 1.82) is 0 Å². The Morgan fingerprint density at radius 2 is 2.45 bits per heavy atom. The van der Waals surface area contributed by atoms with Crippen molar-refractivity contribution >= 4 is 0 Å². The molecule has 0 aromatic rings. The number of halogens is 1. The third kappa shape index (κ3) is 2.12. The van der Waals surface area contributed by atoms with Crippen LogP contribution in [-0.4, -0.2) is 39.0 Å². The molecule has 0 unspecified atom stereocenters. The van der Waals surface area contributed by atoms with Gasteiger partial charge >= 0.3 is 0 Å². The SMILES string of the molecule is COC[C@@H](N)[C@H]1CNC[C@@H]1F. The van der Waals surface area contributed by atoms with Gasteiger partial charge < -0.3 is 15.8 Å². The molecule has 1 aliphatic heterocycles. The molecule has 0 saturated carbocycles. The number of methoxy groups -OCH3 is 1. The van der Waals surface area contributed by atoms with Crippen LogP contribution in [0.5, 0.6) is 0 Å². The Bertz CT molecular complexity index is 123. The first-order valence-corrected chi connectivity index (χ1v) is 3.85. The average Bonchev–Trinajstić information content (AvgIpc) is 2.36. The molecule has 3 N–H and O–H groups in total. The van der Waals surface area contributed by atoms with Gasteiger partial charge in [-0.05, 0) is 0 Å². The van der Waals surface area contributed by atoms with Gasteiger partial charge in [-0.15, -0.1) is 0 Å². The van der Waals surface area contributed by atoms with Crippen LogP contribution in [0.2, 0.25) is 0 Å². The van der Waals surface area contributed by atoms with Crippen LogP contribution in [0.4, 0.5) is 4.39 Å². The molecule has 0 aliphatic carbocycles. The molecule has 1 fully saturated rings. The van der Waals surface area contributed by atoms with Crippen molar-refractivity contribution in [2.24, 2.45) is 11.7 Å². The normalized spacial score (nSPS) is 34.1. The fourth-order valence-electron chi connectivity index (χ4n) is 1.40. The summed E-state index contributed by atoms with van der Waals surface area (Å²) in [7, 11) is 1.58. The topological polar surface area (TPSA) is 47.3 Å². The Hall–Kier alpha value is -0.190. The standard InChI is InChI=1S/C7H15FN2O/c1-11-4-7(9)5-2-10-3-6(5)8/h5-7,10H,2-4,9H2,1H3/t5-,6-,7+/m0/s1. The minimum absolute atomic E-state index is 0.0741. The lowest BCUT2D eigenvalue weighted by atomic mass is 9.99. The maximum absolute atomic E-state index is 13.0. The third-order valence-electron chi connectivity index (χ3n) is 2.09. The molecule has 0 bridgehead atoms. The van der Waals surface area contributed by atoms with Gasteiger partial charge in [-0.1, -0.05) is 0 Å². The predicted octanol–water partition coefficient (Wildman–Crippen LogP) is -0.482. The second-order valence-corrected chi connectivity index (χ2v) is 2.96. The second kappa shape index (κ2) is 3.99. The molecule has 3 nitrogen and oxygen atoms in total. The lowest BCUT2D eigenvalue weighted by Gasteiger charge is -2.18. The molecule has 1 saturated heterocycles. The van der Waals surface area contributed by atoms with Crippen molar-refractivity contribution in [1.82, 2.24) is 5.32 Å². The molecule has 0 aromatic carbocycles. The molecular formula is C7H15FN2O. The van der Waals surface area contributed by atoms with E-state index in [1.807, 2.05) is 0 Å². The molecule has 0 amide bonds. The molecule has 0 radical (unpaired) electrons. The predicted molar refractivity (Wildman–Crippen MR) is 41.1 cm³/mol. The Morgan fingerprint density at radius 3 is 2.91 bits per heavy atom. The van der Waals surface area contributed by atoms with Crippen LogP contribution in [0.3, 0.4) is 0 Å². The van der Waals surface area contributed by atoms with Crippen molar-refractivity contribution in [3.05, 3.63) is 0 Å². The van der Waals surface area contributed by atoms with Gasteiger partial charge in [-0.25, -0.2) is 4.39 Å². The summed E-state index contributed by atoms with van der Waals surface area (Å²) in [6, 6.07) is -0.176. The Balaban J connectivity index is 2.33. The highest BCUT2D eigenvalue weighted by molar-refractivity contribution is 4.87. The zero-order chi connectivity index (χ0) is 8.27. The van der Waals surface area contributed by atoms with Crippen molar-refractivity contribution in [2.75, 3.05) is 26.8 Å². The van der Waals surface area contributed by atoms with Gasteiger partial charge in [0.15, 0.2) is 0 Å². The van der Waals surface area contributed by atoms with Crippen LogP contribution in [0.15, 0.2) is 0 Å². The Morgan fingerprint density at radius 1 is 1.73 bits per heavy atom. The van der Waals surface area contributed by atoms with E-state index in [-0.39, 0.29) is 12.0 Å². The van der Waals surface area contributed by atoms with E-state index >= 15 is 0 Å². The fourth-order valence-corrected chi connectivity index (χ4v) is 1.40. The minimum Gasteiger partial charge on any atom is -0.383 e. The monoisotopic (exact) mass is 162 g/mol. The number of rotatable bonds is 3. The molecule has 0 spiro atoms. The highest BCUT2D eigenvalue weighted by Crippen LogP contribution is 2.15. The Labute approximate surface area is 66.1 Å². The molecule has 1 heterocycles. The molecular weight excluding hydrogens is 147 g/mol. The molecule has 66 valence electrons. The van der Waals surface area contributed by atoms with E-state index in [1.54, 1.807) is 7.11 Å². The van der Waals surface area contributed by atoms with Crippen LogP contribution in [0, 0.1) is 5.92 Å². The molecule has 1 aliphatic rings. The van der Waals surface area contributed by atoms with Gasteiger partial charge in [0.2, 0.25) is 0 Å². The molecule has 4 heteroatoms. The lowest BCUT2D eigenvalue weighted by Crippen LogP contribution is -2.39. The fraction of sp³-hybridized carbons (Fsp3) is 1.00. The first-order chi connectivity index (χ1) is 5.25. The Kier molecular flexibility index (Phi) is 3.23. The van der Waals surface area contributed by atoms with E-state index in [9.17, 15) is 4.39 Å². The van der Waals surface area contributed by atoms with Crippen LogP contribution in [0.1, 0.15) is 0 Å². The first kappa shape index (κ1) is 8.90. The summed E-state index contributed by atoms with van der Waals surface area (Å²) in [5.74, 6) is -0.0741. The van der Waals surface area contributed by atoms with E-state index < -0.39 is 6.17 Å². The van der Waals surface area contributed by atoms with Gasteiger partial charge in [0.05, 0.1) is 6.61 Å². The van der Waals surface area contributed by atoms with E-state index in [2.05, 4.69) is 5.32 Å². The number of hydrogen-bond acceptors (Lipinski definition) is 3. The largest absolute Gasteiger partial charge is 0.383 e. The van der Waals surface area contributed by atoms with Crippen molar-refractivity contribution in [3.63, 3.8) is 0 Å². The van der Waals surface area contributed by atoms with E-state index in [0.717, 1.165) is 0 Å². The van der Waals surface area contributed by atoms with Crippen molar-refractivity contribution in [3.8, 4) is 0 Å². The quantitative estimate of drug-likeness (QED) is 0.589. The third-order valence-corrected chi connectivity index (χ3v) is 2.09. The second-order valence-electron chi connectivity index (χ2n) is 2.96. The molecule has 3 atom stereocenters. The van der Waals surface area contributed by atoms with Gasteiger partial charge in [-0.3, -0.25) is 0 Å². The number of hydrogen-bond donors (Lipinski definition) is 2. The van der Waals surface area contributed by atoms with E-state index in [0.29, 0.717) is 19.7 Å². The smallest absolute Gasteiger partial charge is 0.118 e. The maximum atomic E-state index is 13.0. The summed E-state index contributed by atoms with van der Waals surface area (Å²) in [6.07, 6.45) is -0.805. The van der Waals surface area contributed by atoms with Crippen molar-refractivity contribution < 1.29 is 9.13 Å². The van der Waals surface area contributed by atoms with Crippen LogP contribution >= 0.6 is 0 Å². The summed E-state index contributed by atoms with van der Waals surface area (Å²) in [6.45, 7) is 1.54. The van der Waals surface area contributed by atoms with Gasteiger partial charge in [0, 0.05) is 32.2 Å². The van der Waals surface area contributed by atoms with Gasteiger partial charge in [-0.2, -0.15) is 0 Å². The summed E-state index contributed by atoms with van der Waals surface area (Å²) in [5, 5.41) is 2.95. The molecule has 0 aromatic heterocycles. The van der Waals surface area contributed by atoms with E-state index in [4.69, 9.17) is 10.5 Å². The zero-order valence-electron chi connectivity index (χ0n) is 6.72. The van der Waals surface area contributed by atoms with Crippen LogP contribution in [-0.2, 0) is 4.74 Å². The van der Waals surface area contributed by atoms with Crippen molar-refractivity contribution in [2.45, 2.75) is 12.2 Å². The number of alkyl halides is 1. The maximum Gasteiger partial charge on any atom is 0.118 e. The number of nitrogens with two attached hydrogens (primary N) is 1. The van der Waals surface area contributed by atoms with Gasteiger partial charge in [0.25, 0.3) is 0 Å². The summed E-state index contributed by atoms with van der Waals surface area (Å²) in [5.41, 5.74) is 5.67. The summed E-state index contributed by atoms with van der Waals surface area (Å²) in [4.78, 5) is 0. The lowest BCUT2D eigenvalue weighted by molar-refractivity contribution is 0.138. The summed E-state index contributed by atoms with van der Waals surface area (Å²) >= 11 is 0. The first-order valence-electron chi connectivity index (χ1n) is 3.85. The van der Waals surface area contributed by atoms with Gasteiger partial charge in [0.1, 0.15) is 6.17 Å². The minimum atomic E-state index is -0.805. The summed E-state index contributed by atoms with van der Waals surface area (Å²) < 4.78 is 17.8. The number of ether oxygens (including phenoxy) is 1. The van der Waals surface area contributed by atoms with Crippen LogP contribution < -0.4 is 11.1 Å². The molecule has 1 rings (SSSR count). The van der Waals surface area contributed by atoms with Crippen LogP contribution in [0.25, 0.3) is 0 Å². The highest BCUT2D eigenvalue weighted by Gasteiger charge is 2.31. The number of nitrogens with one attached hydrogen (secondary N) is 1. The zero-order valence-corrected chi connectivity index (χ0v) is 6.72. The molecule has 11 heavy (non-hydrogen) atoms. The van der Waals surface area contributed by atoms with E-state index in [1.165, 1.54) is 0 Å². The average molecular weight is 162 g/mol.